The number of aromatic nitrogens is 4. The number of halogens is 2. The number of aliphatic hydroxyl groups is 1. The maximum atomic E-state index is 14.2. The van der Waals surface area contributed by atoms with Crippen molar-refractivity contribution in [2.45, 2.75) is 25.7 Å². The summed E-state index contributed by atoms with van der Waals surface area (Å²) >= 11 is 6.19. The zero-order valence-corrected chi connectivity index (χ0v) is 19.1. The lowest BCUT2D eigenvalue weighted by molar-refractivity contribution is 0.0522. The van der Waals surface area contributed by atoms with E-state index in [-0.39, 0.29) is 23.2 Å². The summed E-state index contributed by atoms with van der Waals surface area (Å²) in [5.41, 5.74) is 2.65. The standard InChI is InChI=1S/C24H21ClFN5O3/c1-14(34-13-15-3-6-18(32)7-4-15)19-9-16(26)5-8-20(19)31-22(11-23(25)29-31)24(33)21-10-17(12-27)28-30(21)2/h3-11,14,24,32-33H,13H2,1-2H3/t14-,24?/m1/s1. The molecule has 34 heavy (non-hydrogen) atoms. The summed E-state index contributed by atoms with van der Waals surface area (Å²) in [7, 11) is 1.62. The number of benzene rings is 2. The number of phenols is 1. The molecular weight excluding hydrogens is 461 g/mol. The van der Waals surface area contributed by atoms with Gasteiger partial charge >= 0.3 is 0 Å². The summed E-state index contributed by atoms with van der Waals surface area (Å²) in [6.07, 6.45) is -1.75. The molecule has 0 aliphatic carbocycles. The number of phenolic OH excluding ortho intramolecular Hbond substituents is 1. The minimum atomic E-state index is -1.20. The maximum absolute atomic E-state index is 14.2. The molecule has 0 saturated heterocycles. The van der Waals surface area contributed by atoms with Crippen molar-refractivity contribution in [3.05, 3.63) is 93.8 Å². The number of aliphatic hydroxyl groups excluding tert-OH is 1. The van der Waals surface area contributed by atoms with Crippen LogP contribution in [0.15, 0.2) is 54.6 Å². The zero-order chi connectivity index (χ0) is 24.4. The average molecular weight is 482 g/mol. The molecule has 0 amide bonds. The first-order valence-corrected chi connectivity index (χ1v) is 10.7. The van der Waals surface area contributed by atoms with Gasteiger partial charge in [-0.1, -0.05) is 23.7 Å². The minimum absolute atomic E-state index is 0.129. The van der Waals surface area contributed by atoms with Gasteiger partial charge in [0.15, 0.2) is 10.8 Å². The molecule has 1 unspecified atom stereocenters. The molecule has 0 radical (unpaired) electrons. The van der Waals surface area contributed by atoms with Crippen molar-refractivity contribution in [2.24, 2.45) is 7.05 Å². The van der Waals surface area contributed by atoms with Gasteiger partial charge in [-0.3, -0.25) is 4.68 Å². The van der Waals surface area contributed by atoms with Crippen LogP contribution in [0.5, 0.6) is 5.75 Å². The second-order valence-corrected chi connectivity index (χ2v) is 8.11. The summed E-state index contributed by atoms with van der Waals surface area (Å²) in [5, 5.41) is 38.1. The Labute approximate surface area is 200 Å². The summed E-state index contributed by atoms with van der Waals surface area (Å²) in [4.78, 5) is 0. The minimum Gasteiger partial charge on any atom is -0.508 e. The van der Waals surface area contributed by atoms with Crippen molar-refractivity contribution >= 4 is 11.6 Å². The zero-order valence-electron chi connectivity index (χ0n) is 18.4. The van der Waals surface area contributed by atoms with E-state index in [0.29, 0.717) is 22.6 Å². The molecular formula is C24H21ClFN5O3. The molecule has 4 rings (SSSR count). The van der Waals surface area contributed by atoms with E-state index in [1.807, 2.05) is 6.07 Å². The molecule has 0 bridgehead atoms. The van der Waals surface area contributed by atoms with Gasteiger partial charge < -0.3 is 14.9 Å². The van der Waals surface area contributed by atoms with Gasteiger partial charge in [0.05, 0.1) is 29.8 Å². The summed E-state index contributed by atoms with van der Waals surface area (Å²) in [5.74, 6) is -0.300. The fraction of sp³-hybridized carbons (Fsp3) is 0.208. The summed E-state index contributed by atoms with van der Waals surface area (Å²) in [6, 6.07) is 15.7. The van der Waals surface area contributed by atoms with E-state index in [2.05, 4.69) is 10.2 Å². The van der Waals surface area contributed by atoms with E-state index in [1.165, 1.54) is 39.7 Å². The quantitative estimate of drug-likeness (QED) is 0.406. The van der Waals surface area contributed by atoms with Crippen LogP contribution >= 0.6 is 11.6 Å². The Morgan fingerprint density at radius 2 is 1.85 bits per heavy atom. The van der Waals surface area contributed by atoms with Crippen LogP contribution in [0.25, 0.3) is 5.69 Å². The third-order valence-electron chi connectivity index (χ3n) is 5.39. The van der Waals surface area contributed by atoms with Crippen LogP contribution in [0.3, 0.4) is 0 Å². The third kappa shape index (κ3) is 4.79. The predicted molar refractivity (Wildman–Crippen MR) is 122 cm³/mol. The molecule has 2 aromatic carbocycles. The molecule has 0 aliphatic rings. The van der Waals surface area contributed by atoms with Crippen molar-refractivity contribution in [2.75, 3.05) is 0 Å². The Hall–Kier alpha value is -3.71. The van der Waals surface area contributed by atoms with Crippen LogP contribution in [-0.4, -0.2) is 29.8 Å². The van der Waals surface area contributed by atoms with E-state index < -0.39 is 18.0 Å². The number of nitriles is 1. The summed E-state index contributed by atoms with van der Waals surface area (Å²) in [6.45, 7) is 2.01. The molecule has 174 valence electrons. The molecule has 2 aromatic heterocycles. The lowest BCUT2D eigenvalue weighted by atomic mass is 10.1. The molecule has 0 aliphatic heterocycles. The van der Waals surface area contributed by atoms with Gasteiger partial charge in [-0.05, 0) is 42.8 Å². The molecule has 2 atom stereocenters. The first-order chi connectivity index (χ1) is 16.3. The average Bonchev–Trinajstić information content (AvgIpc) is 3.40. The Kier molecular flexibility index (Phi) is 6.65. The van der Waals surface area contributed by atoms with Crippen LogP contribution in [0, 0.1) is 17.1 Å². The van der Waals surface area contributed by atoms with Crippen LogP contribution in [0.4, 0.5) is 4.39 Å². The van der Waals surface area contributed by atoms with Gasteiger partial charge in [0.25, 0.3) is 0 Å². The topological polar surface area (TPSA) is 109 Å². The Bertz CT molecular complexity index is 1360. The molecule has 4 aromatic rings. The van der Waals surface area contributed by atoms with Gasteiger partial charge in [-0.2, -0.15) is 15.5 Å². The smallest absolute Gasteiger partial charge is 0.162 e. The largest absolute Gasteiger partial charge is 0.508 e. The van der Waals surface area contributed by atoms with E-state index in [1.54, 1.807) is 38.2 Å². The number of aromatic hydroxyl groups is 1. The van der Waals surface area contributed by atoms with Crippen LogP contribution in [0.1, 0.15) is 47.3 Å². The molecule has 10 heteroatoms. The Balaban J connectivity index is 1.69. The predicted octanol–water partition coefficient (Wildman–Crippen LogP) is 4.34. The number of hydrogen-bond donors (Lipinski definition) is 2. The first-order valence-electron chi connectivity index (χ1n) is 10.3. The Morgan fingerprint density at radius 1 is 1.12 bits per heavy atom. The molecule has 2 heterocycles. The second kappa shape index (κ2) is 9.65. The second-order valence-electron chi connectivity index (χ2n) is 7.72. The van der Waals surface area contributed by atoms with Gasteiger partial charge in [-0.25, -0.2) is 9.07 Å². The van der Waals surface area contributed by atoms with E-state index in [9.17, 15) is 14.6 Å². The lowest BCUT2D eigenvalue weighted by Gasteiger charge is -2.20. The number of rotatable bonds is 7. The van der Waals surface area contributed by atoms with Gasteiger partial charge in [0, 0.05) is 24.7 Å². The van der Waals surface area contributed by atoms with Crippen LogP contribution in [0.2, 0.25) is 5.15 Å². The van der Waals surface area contributed by atoms with E-state index in [0.717, 1.165) is 5.56 Å². The van der Waals surface area contributed by atoms with Crippen LogP contribution < -0.4 is 0 Å². The van der Waals surface area contributed by atoms with Gasteiger partial charge in [-0.15, -0.1) is 0 Å². The first kappa shape index (κ1) is 23.4. The van der Waals surface area contributed by atoms with Crippen LogP contribution in [-0.2, 0) is 18.4 Å². The number of aryl methyl sites for hydroxylation is 1. The maximum Gasteiger partial charge on any atom is 0.162 e. The fourth-order valence-corrected chi connectivity index (χ4v) is 3.83. The number of nitrogens with zero attached hydrogens (tertiary/aromatic N) is 5. The van der Waals surface area contributed by atoms with Crippen molar-refractivity contribution in [3.8, 4) is 17.5 Å². The van der Waals surface area contributed by atoms with Crippen molar-refractivity contribution < 1.29 is 19.3 Å². The Morgan fingerprint density at radius 3 is 2.53 bits per heavy atom. The van der Waals surface area contributed by atoms with Gasteiger partial charge in [0.2, 0.25) is 0 Å². The van der Waals surface area contributed by atoms with E-state index in [4.69, 9.17) is 21.6 Å². The van der Waals surface area contributed by atoms with Crippen molar-refractivity contribution in [1.29, 1.82) is 5.26 Å². The highest BCUT2D eigenvalue weighted by atomic mass is 35.5. The van der Waals surface area contributed by atoms with Crippen molar-refractivity contribution in [1.82, 2.24) is 19.6 Å². The van der Waals surface area contributed by atoms with Gasteiger partial charge in [0.1, 0.15) is 23.7 Å². The third-order valence-corrected chi connectivity index (χ3v) is 5.57. The normalized spacial score (nSPS) is 12.9. The molecule has 0 spiro atoms. The monoisotopic (exact) mass is 481 g/mol. The molecule has 0 fully saturated rings. The van der Waals surface area contributed by atoms with E-state index >= 15 is 0 Å². The molecule has 0 saturated carbocycles. The SMILES string of the molecule is C[C@@H](OCc1ccc(O)cc1)c1cc(F)ccc1-n1nc(Cl)cc1C(O)c1cc(C#N)nn1C. The molecule has 2 N–H and O–H groups in total. The lowest BCUT2D eigenvalue weighted by Crippen LogP contribution is -2.14. The molecule has 8 nitrogen and oxygen atoms in total. The number of ether oxygens (including phenoxy) is 1. The highest BCUT2D eigenvalue weighted by Crippen LogP contribution is 2.32. The fourth-order valence-electron chi connectivity index (χ4n) is 3.64. The number of hydrogen-bond acceptors (Lipinski definition) is 6. The van der Waals surface area contributed by atoms with Crippen molar-refractivity contribution in [3.63, 3.8) is 0 Å². The highest BCUT2D eigenvalue weighted by molar-refractivity contribution is 6.29. The highest BCUT2D eigenvalue weighted by Gasteiger charge is 2.25. The summed E-state index contributed by atoms with van der Waals surface area (Å²) < 4.78 is 23.0.